The lowest BCUT2D eigenvalue weighted by Crippen LogP contribution is -2.38. The molecule has 0 saturated carbocycles. The number of nitrogens with zero attached hydrogens (tertiary/aromatic N) is 2. The minimum Gasteiger partial charge on any atom is -0.486 e. The molecule has 0 bridgehead atoms. The number of piperidine rings is 1. The van der Waals surface area contributed by atoms with E-state index in [1.165, 1.54) is 23.5 Å². The highest BCUT2D eigenvalue weighted by Crippen LogP contribution is 2.26. The predicted molar refractivity (Wildman–Crippen MR) is 98.5 cm³/mol. The van der Waals surface area contributed by atoms with Gasteiger partial charge in [-0.2, -0.15) is 0 Å². The van der Waals surface area contributed by atoms with Gasteiger partial charge in [0.1, 0.15) is 28.1 Å². The lowest BCUT2D eigenvalue weighted by Gasteiger charge is -2.31. The second kappa shape index (κ2) is 8.47. The first-order valence-corrected chi connectivity index (χ1v) is 9.59. The predicted octanol–water partition coefficient (Wildman–Crippen LogP) is 3.50. The van der Waals surface area contributed by atoms with Crippen molar-refractivity contribution in [2.75, 3.05) is 13.1 Å². The number of carboxylic acid groups (broad SMARTS) is 1. The summed E-state index contributed by atoms with van der Waals surface area (Å²) in [7, 11) is 0. The number of carbonyl (C=O) groups is 2. The Morgan fingerprint density at radius 3 is 2.59 bits per heavy atom. The molecule has 1 aliphatic heterocycles. The molecule has 0 radical (unpaired) electrons. The Morgan fingerprint density at radius 2 is 1.96 bits per heavy atom. The quantitative estimate of drug-likeness (QED) is 0.814. The standard InChI is InChI=1S/C19H21FN2O4S/c1-12-18(19(25)22-8-6-13(7-9-22)10-17(23)24)27-16(21-12)11-26-15-4-2-14(20)3-5-15/h2-5,13H,6-11H2,1H3,(H,23,24). The van der Waals surface area contributed by atoms with Gasteiger partial charge in [0.25, 0.3) is 5.91 Å². The molecule has 0 spiro atoms. The third kappa shape index (κ3) is 5.03. The maximum atomic E-state index is 12.9. The summed E-state index contributed by atoms with van der Waals surface area (Å²) < 4.78 is 18.5. The first-order valence-electron chi connectivity index (χ1n) is 8.78. The molecule has 0 unspecified atom stereocenters. The molecule has 1 aliphatic rings. The fourth-order valence-corrected chi connectivity index (χ4v) is 4.06. The first-order chi connectivity index (χ1) is 12.9. The van der Waals surface area contributed by atoms with E-state index in [2.05, 4.69) is 4.98 Å². The van der Waals surface area contributed by atoms with Gasteiger partial charge in [0.05, 0.1) is 5.69 Å². The zero-order valence-electron chi connectivity index (χ0n) is 15.0. The number of aryl methyl sites for hydroxylation is 1. The molecule has 1 amide bonds. The van der Waals surface area contributed by atoms with Crippen LogP contribution in [0.5, 0.6) is 5.75 Å². The van der Waals surface area contributed by atoms with Crippen LogP contribution in [0.1, 0.15) is 39.6 Å². The van der Waals surface area contributed by atoms with Crippen molar-refractivity contribution >= 4 is 23.2 Å². The SMILES string of the molecule is Cc1nc(COc2ccc(F)cc2)sc1C(=O)N1CCC(CC(=O)O)CC1. The van der Waals surface area contributed by atoms with Crippen molar-refractivity contribution in [2.24, 2.45) is 5.92 Å². The van der Waals surface area contributed by atoms with Crippen molar-refractivity contribution in [3.05, 3.63) is 45.7 Å². The lowest BCUT2D eigenvalue weighted by molar-refractivity contribution is -0.138. The molecule has 2 heterocycles. The van der Waals surface area contributed by atoms with Gasteiger partial charge in [-0.3, -0.25) is 9.59 Å². The molecule has 2 aromatic rings. The third-order valence-electron chi connectivity index (χ3n) is 4.58. The molecule has 1 saturated heterocycles. The van der Waals surface area contributed by atoms with Crippen LogP contribution in [0, 0.1) is 18.7 Å². The third-order valence-corrected chi connectivity index (χ3v) is 5.70. The summed E-state index contributed by atoms with van der Waals surface area (Å²) >= 11 is 1.30. The van der Waals surface area contributed by atoms with E-state index in [9.17, 15) is 14.0 Å². The van der Waals surface area contributed by atoms with E-state index in [0.29, 0.717) is 47.3 Å². The van der Waals surface area contributed by atoms with Crippen molar-refractivity contribution in [2.45, 2.75) is 32.8 Å². The van der Waals surface area contributed by atoms with Crippen molar-refractivity contribution < 1.29 is 23.8 Å². The van der Waals surface area contributed by atoms with Crippen LogP contribution in [-0.2, 0) is 11.4 Å². The van der Waals surface area contributed by atoms with Gasteiger partial charge in [-0.25, -0.2) is 9.37 Å². The molecule has 144 valence electrons. The van der Waals surface area contributed by atoms with E-state index in [0.717, 1.165) is 0 Å². The summed E-state index contributed by atoms with van der Waals surface area (Å²) in [4.78, 5) is 30.3. The van der Waals surface area contributed by atoms with E-state index in [4.69, 9.17) is 9.84 Å². The number of ether oxygens (including phenoxy) is 1. The highest BCUT2D eigenvalue weighted by atomic mass is 32.1. The number of amides is 1. The number of halogens is 1. The minimum atomic E-state index is -0.788. The second-order valence-corrected chi connectivity index (χ2v) is 7.68. The summed E-state index contributed by atoms with van der Waals surface area (Å²) in [5, 5.41) is 9.57. The number of thiazole rings is 1. The molecule has 1 aromatic heterocycles. The number of hydrogen-bond acceptors (Lipinski definition) is 5. The maximum Gasteiger partial charge on any atom is 0.303 e. The van der Waals surface area contributed by atoms with Crippen molar-refractivity contribution in [1.29, 1.82) is 0 Å². The van der Waals surface area contributed by atoms with Crippen LogP contribution in [0.15, 0.2) is 24.3 Å². The van der Waals surface area contributed by atoms with Crippen LogP contribution in [0.25, 0.3) is 0 Å². The van der Waals surface area contributed by atoms with Gasteiger partial charge in [-0.05, 0) is 49.9 Å². The van der Waals surface area contributed by atoms with E-state index >= 15 is 0 Å². The summed E-state index contributed by atoms with van der Waals surface area (Å²) in [6.07, 6.45) is 1.57. The van der Waals surface area contributed by atoms with E-state index in [1.807, 2.05) is 0 Å². The van der Waals surface area contributed by atoms with E-state index < -0.39 is 5.97 Å². The molecule has 8 heteroatoms. The molecular formula is C19H21FN2O4S. The Balaban J connectivity index is 1.58. The summed E-state index contributed by atoms with van der Waals surface area (Å²) in [5.41, 5.74) is 0.662. The average Bonchev–Trinajstić information content (AvgIpc) is 3.01. The van der Waals surface area contributed by atoms with Crippen molar-refractivity contribution in [3.8, 4) is 5.75 Å². The topological polar surface area (TPSA) is 79.7 Å². The Kier molecular flexibility index (Phi) is 6.05. The molecule has 1 aromatic carbocycles. The highest BCUT2D eigenvalue weighted by molar-refractivity contribution is 7.13. The zero-order chi connectivity index (χ0) is 19.4. The molecule has 0 aliphatic carbocycles. The minimum absolute atomic E-state index is 0.0631. The van der Waals surface area contributed by atoms with Gasteiger partial charge in [-0.15, -0.1) is 11.3 Å². The van der Waals surface area contributed by atoms with E-state index in [-0.39, 0.29) is 30.7 Å². The number of rotatable bonds is 6. The van der Waals surface area contributed by atoms with Crippen LogP contribution in [0.4, 0.5) is 4.39 Å². The Morgan fingerprint density at radius 1 is 1.30 bits per heavy atom. The van der Waals surface area contributed by atoms with Crippen LogP contribution in [0.3, 0.4) is 0 Å². The van der Waals surface area contributed by atoms with Crippen molar-refractivity contribution in [1.82, 2.24) is 9.88 Å². The van der Waals surface area contributed by atoms with Crippen LogP contribution < -0.4 is 4.74 Å². The molecule has 0 atom stereocenters. The van der Waals surface area contributed by atoms with Gasteiger partial charge in [0.15, 0.2) is 0 Å². The van der Waals surface area contributed by atoms with Crippen LogP contribution in [-0.4, -0.2) is 40.0 Å². The van der Waals surface area contributed by atoms with Crippen LogP contribution in [0.2, 0.25) is 0 Å². The number of hydrogen-bond donors (Lipinski definition) is 1. The fourth-order valence-electron chi connectivity index (χ4n) is 3.12. The monoisotopic (exact) mass is 392 g/mol. The average molecular weight is 392 g/mol. The van der Waals surface area contributed by atoms with Gasteiger partial charge in [0, 0.05) is 19.5 Å². The van der Waals surface area contributed by atoms with Crippen molar-refractivity contribution in [3.63, 3.8) is 0 Å². The molecule has 27 heavy (non-hydrogen) atoms. The second-order valence-electron chi connectivity index (χ2n) is 6.60. The lowest BCUT2D eigenvalue weighted by atomic mass is 9.93. The number of aliphatic carboxylic acids is 1. The molecule has 6 nitrogen and oxygen atoms in total. The van der Waals surface area contributed by atoms with Gasteiger partial charge in [-0.1, -0.05) is 0 Å². The highest BCUT2D eigenvalue weighted by Gasteiger charge is 2.27. The molecular weight excluding hydrogens is 371 g/mol. The molecule has 1 N–H and O–H groups in total. The maximum absolute atomic E-state index is 12.9. The number of benzene rings is 1. The smallest absolute Gasteiger partial charge is 0.303 e. The van der Waals surface area contributed by atoms with Crippen LogP contribution >= 0.6 is 11.3 Å². The normalized spacial score (nSPS) is 15.0. The fraction of sp³-hybridized carbons (Fsp3) is 0.421. The first kappa shape index (κ1) is 19.3. The number of likely N-dealkylation sites (tertiary alicyclic amines) is 1. The number of aromatic nitrogens is 1. The zero-order valence-corrected chi connectivity index (χ0v) is 15.8. The summed E-state index contributed by atoms with van der Waals surface area (Å²) in [6, 6.07) is 5.74. The summed E-state index contributed by atoms with van der Waals surface area (Å²) in [5.74, 6) is -0.505. The molecule has 3 rings (SSSR count). The van der Waals surface area contributed by atoms with Gasteiger partial charge >= 0.3 is 5.97 Å². The Bertz CT molecular complexity index is 814. The summed E-state index contributed by atoms with van der Waals surface area (Å²) in [6.45, 7) is 3.14. The number of carboxylic acids is 1. The van der Waals surface area contributed by atoms with Gasteiger partial charge < -0.3 is 14.7 Å². The Labute approximate surface area is 160 Å². The van der Waals surface area contributed by atoms with E-state index in [1.54, 1.807) is 24.0 Å². The molecule has 1 fully saturated rings. The largest absolute Gasteiger partial charge is 0.486 e. The van der Waals surface area contributed by atoms with Gasteiger partial charge in [0.2, 0.25) is 0 Å². The Hall–Kier alpha value is -2.48. The number of carbonyl (C=O) groups excluding carboxylic acids is 1.